The highest BCUT2D eigenvalue weighted by atomic mass is 19.1. The topological polar surface area (TPSA) is 20.3 Å². The number of nitrogens with zero attached hydrogens (tertiary/aromatic N) is 1. The Kier molecular flexibility index (Phi) is 6.72. The molecular formula is C9H18FNO. The standard InChI is InChI=1S/C9H18FNO/c1-3-7-11(8-4-2)9(12)5-6-10/h3-8H2,1-2H3. The van der Waals surface area contributed by atoms with Crippen LogP contribution in [0.2, 0.25) is 0 Å². The second-order valence-corrected chi connectivity index (χ2v) is 2.82. The van der Waals surface area contributed by atoms with Gasteiger partial charge >= 0.3 is 0 Å². The lowest BCUT2D eigenvalue weighted by atomic mass is 10.3. The first-order chi connectivity index (χ1) is 5.76. The van der Waals surface area contributed by atoms with Crippen molar-refractivity contribution in [3.05, 3.63) is 0 Å². The average molecular weight is 175 g/mol. The first kappa shape index (κ1) is 11.4. The molecule has 0 aromatic carbocycles. The van der Waals surface area contributed by atoms with Crippen LogP contribution >= 0.6 is 0 Å². The van der Waals surface area contributed by atoms with Crippen LogP contribution in [0.3, 0.4) is 0 Å². The summed E-state index contributed by atoms with van der Waals surface area (Å²) in [5.74, 6) is -0.0544. The van der Waals surface area contributed by atoms with Crippen molar-refractivity contribution in [1.82, 2.24) is 4.90 Å². The minimum absolute atomic E-state index is 0.0417. The van der Waals surface area contributed by atoms with E-state index in [2.05, 4.69) is 0 Å². The Morgan fingerprint density at radius 2 is 1.75 bits per heavy atom. The van der Waals surface area contributed by atoms with Crippen molar-refractivity contribution in [3.8, 4) is 0 Å². The minimum atomic E-state index is -0.539. The summed E-state index contributed by atoms with van der Waals surface area (Å²) < 4.78 is 11.8. The van der Waals surface area contributed by atoms with Gasteiger partial charge in [0.25, 0.3) is 0 Å². The maximum absolute atomic E-state index is 11.8. The highest BCUT2D eigenvalue weighted by Crippen LogP contribution is 1.98. The minimum Gasteiger partial charge on any atom is -0.343 e. The van der Waals surface area contributed by atoms with Crippen molar-refractivity contribution in [1.29, 1.82) is 0 Å². The molecule has 72 valence electrons. The van der Waals surface area contributed by atoms with E-state index >= 15 is 0 Å². The number of alkyl halides is 1. The van der Waals surface area contributed by atoms with Gasteiger partial charge in [0, 0.05) is 13.1 Å². The van der Waals surface area contributed by atoms with Crippen LogP contribution in [0.15, 0.2) is 0 Å². The molecule has 0 aliphatic rings. The number of rotatable bonds is 6. The zero-order valence-corrected chi connectivity index (χ0v) is 7.98. The van der Waals surface area contributed by atoms with Crippen molar-refractivity contribution in [3.63, 3.8) is 0 Å². The molecule has 0 saturated carbocycles. The van der Waals surface area contributed by atoms with E-state index in [0.717, 1.165) is 25.9 Å². The first-order valence-corrected chi connectivity index (χ1v) is 4.60. The quantitative estimate of drug-likeness (QED) is 0.604. The molecule has 0 fully saturated rings. The zero-order chi connectivity index (χ0) is 9.40. The molecule has 0 radical (unpaired) electrons. The predicted octanol–water partition coefficient (Wildman–Crippen LogP) is 1.99. The molecule has 0 bridgehead atoms. The maximum atomic E-state index is 11.8. The van der Waals surface area contributed by atoms with Gasteiger partial charge in [0.1, 0.15) is 0 Å². The van der Waals surface area contributed by atoms with Crippen LogP contribution < -0.4 is 0 Å². The molecule has 0 aliphatic carbocycles. The fourth-order valence-electron chi connectivity index (χ4n) is 1.14. The Hall–Kier alpha value is -0.600. The fraction of sp³-hybridized carbons (Fsp3) is 0.889. The molecule has 0 aromatic heterocycles. The van der Waals surface area contributed by atoms with E-state index in [1.807, 2.05) is 13.8 Å². The van der Waals surface area contributed by atoms with Crippen LogP contribution in [-0.2, 0) is 4.79 Å². The van der Waals surface area contributed by atoms with Gasteiger partial charge in [-0.3, -0.25) is 9.18 Å². The number of hydrogen-bond acceptors (Lipinski definition) is 1. The number of halogens is 1. The van der Waals surface area contributed by atoms with Crippen molar-refractivity contribution >= 4 is 5.91 Å². The Balaban J connectivity index is 3.81. The van der Waals surface area contributed by atoms with Crippen molar-refractivity contribution in [2.45, 2.75) is 33.1 Å². The van der Waals surface area contributed by atoms with E-state index in [9.17, 15) is 9.18 Å². The van der Waals surface area contributed by atoms with Gasteiger partial charge in [-0.25, -0.2) is 0 Å². The van der Waals surface area contributed by atoms with Crippen molar-refractivity contribution in [2.24, 2.45) is 0 Å². The van der Waals surface area contributed by atoms with Crippen LogP contribution in [-0.4, -0.2) is 30.6 Å². The van der Waals surface area contributed by atoms with Gasteiger partial charge in [-0.2, -0.15) is 0 Å². The lowest BCUT2D eigenvalue weighted by Gasteiger charge is -2.20. The van der Waals surface area contributed by atoms with Crippen LogP contribution in [0.5, 0.6) is 0 Å². The van der Waals surface area contributed by atoms with Gasteiger partial charge < -0.3 is 4.90 Å². The number of amides is 1. The lowest BCUT2D eigenvalue weighted by molar-refractivity contribution is -0.131. The molecule has 0 spiro atoms. The van der Waals surface area contributed by atoms with Gasteiger partial charge in [-0.15, -0.1) is 0 Å². The molecule has 0 aliphatic heterocycles. The molecule has 0 N–H and O–H groups in total. The second-order valence-electron chi connectivity index (χ2n) is 2.82. The summed E-state index contributed by atoms with van der Waals surface area (Å²) in [7, 11) is 0. The molecule has 3 heteroatoms. The van der Waals surface area contributed by atoms with Gasteiger partial charge in [0.05, 0.1) is 13.1 Å². The normalized spacial score (nSPS) is 9.92. The Bertz CT molecular complexity index is 122. The SMILES string of the molecule is CCCN(CCC)C(=O)CCF. The maximum Gasteiger partial charge on any atom is 0.225 e. The molecule has 12 heavy (non-hydrogen) atoms. The highest BCUT2D eigenvalue weighted by Gasteiger charge is 2.10. The summed E-state index contributed by atoms with van der Waals surface area (Å²) in [5, 5.41) is 0. The molecule has 0 unspecified atom stereocenters. The number of carbonyl (C=O) groups is 1. The van der Waals surface area contributed by atoms with E-state index in [1.54, 1.807) is 4.90 Å². The monoisotopic (exact) mass is 175 g/mol. The molecule has 0 rings (SSSR count). The Labute approximate surface area is 73.7 Å². The van der Waals surface area contributed by atoms with Crippen molar-refractivity contribution < 1.29 is 9.18 Å². The van der Waals surface area contributed by atoms with Gasteiger partial charge in [-0.05, 0) is 12.8 Å². The van der Waals surface area contributed by atoms with E-state index in [4.69, 9.17) is 0 Å². The molecular weight excluding hydrogens is 157 g/mol. The van der Waals surface area contributed by atoms with Gasteiger partial charge in [-0.1, -0.05) is 13.8 Å². The molecule has 0 saturated heterocycles. The third-order valence-corrected chi connectivity index (χ3v) is 1.65. The van der Waals surface area contributed by atoms with Crippen molar-refractivity contribution in [2.75, 3.05) is 19.8 Å². The number of hydrogen-bond donors (Lipinski definition) is 0. The number of carbonyl (C=O) groups excluding carboxylic acids is 1. The van der Waals surface area contributed by atoms with Crippen LogP contribution in [0.4, 0.5) is 4.39 Å². The molecule has 2 nitrogen and oxygen atoms in total. The van der Waals surface area contributed by atoms with E-state index in [1.165, 1.54) is 0 Å². The van der Waals surface area contributed by atoms with E-state index in [0.29, 0.717) is 0 Å². The third-order valence-electron chi connectivity index (χ3n) is 1.65. The average Bonchev–Trinajstić information content (AvgIpc) is 2.04. The molecule has 0 heterocycles. The highest BCUT2D eigenvalue weighted by molar-refractivity contribution is 5.76. The second kappa shape index (κ2) is 7.07. The van der Waals surface area contributed by atoms with Crippen LogP contribution in [0.25, 0.3) is 0 Å². The van der Waals surface area contributed by atoms with Crippen LogP contribution in [0, 0.1) is 0 Å². The summed E-state index contributed by atoms with van der Waals surface area (Å²) in [6.07, 6.45) is 1.93. The smallest absolute Gasteiger partial charge is 0.225 e. The first-order valence-electron chi connectivity index (χ1n) is 4.60. The zero-order valence-electron chi connectivity index (χ0n) is 7.98. The van der Waals surface area contributed by atoms with E-state index < -0.39 is 6.67 Å². The third kappa shape index (κ3) is 4.31. The largest absolute Gasteiger partial charge is 0.343 e. The molecule has 0 aromatic rings. The lowest BCUT2D eigenvalue weighted by Crippen LogP contribution is -2.32. The summed E-state index contributed by atoms with van der Waals surface area (Å²) in [5.41, 5.74) is 0. The summed E-state index contributed by atoms with van der Waals surface area (Å²) in [6.45, 7) is 5.01. The van der Waals surface area contributed by atoms with Gasteiger partial charge in [0.2, 0.25) is 5.91 Å². The summed E-state index contributed by atoms with van der Waals surface area (Å²) >= 11 is 0. The molecule has 1 amide bonds. The Morgan fingerprint density at radius 3 is 2.08 bits per heavy atom. The Morgan fingerprint density at radius 1 is 1.25 bits per heavy atom. The summed E-state index contributed by atoms with van der Waals surface area (Å²) in [4.78, 5) is 12.9. The molecule has 0 atom stereocenters. The van der Waals surface area contributed by atoms with E-state index in [-0.39, 0.29) is 12.3 Å². The van der Waals surface area contributed by atoms with Gasteiger partial charge in [0.15, 0.2) is 0 Å². The fourth-order valence-corrected chi connectivity index (χ4v) is 1.14. The predicted molar refractivity (Wildman–Crippen MR) is 47.8 cm³/mol. The van der Waals surface area contributed by atoms with Crippen LogP contribution in [0.1, 0.15) is 33.1 Å². The summed E-state index contributed by atoms with van der Waals surface area (Å²) in [6, 6.07) is 0.